The number of hydrogen-bond donors (Lipinski definition) is 1. The van der Waals surface area contributed by atoms with Crippen molar-refractivity contribution in [3.8, 4) is 11.4 Å². The minimum Gasteiger partial charge on any atom is -0.465 e. The van der Waals surface area contributed by atoms with Gasteiger partial charge in [-0.05, 0) is 17.3 Å². The van der Waals surface area contributed by atoms with Crippen LogP contribution in [-0.4, -0.2) is 46.4 Å². The van der Waals surface area contributed by atoms with Gasteiger partial charge in [-0.25, -0.2) is 9.59 Å². The van der Waals surface area contributed by atoms with Crippen LogP contribution in [-0.2, 0) is 22.2 Å². The summed E-state index contributed by atoms with van der Waals surface area (Å²) in [6.07, 6.45) is -4.52. The lowest BCUT2D eigenvalue weighted by molar-refractivity contribution is -0.137. The van der Waals surface area contributed by atoms with Gasteiger partial charge < -0.3 is 15.2 Å². The number of esters is 2. The summed E-state index contributed by atoms with van der Waals surface area (Å²) in [5, 5.41) is 11.6. The number of aromatic nitrogens is 4. The number of ether oxygens (including phenoxy) is 2. The van der Waals surface area contributed by atoms with Gasteiger partial charge in [-0.15, -0.1) is 21.5 Å². The Bertz CT molecular complexity index is 1110. The standard InChI is InChI=1S/C17H14F3N5O4S/c1-28-15(26)11-10(12(16(27)29-2)30-13(11)21)7-25-23-14(22-24-25)8-4-3-5-9(6-8)17(18,19)20/h3-6H,7,21H2,1-2H3. The molecule has 0 saturated carbocycles. The van der Waals surface area contributed by atoms with Gasteiger partial charge in [-0.3, -0.25) is 0 Å². The van der Waals surface area contributed by atoms with Crippen LogP contribution in [0.3, 0.4) is 0 Å². The fraction of sp³-hybridized carbons (Fsp3) is 0.235. The topological polar surface area (TPSA) is 122 Å². The van der Waals surface area contributed by atoms with Gasteiger partial charge in [0, 0.05) is 11.1 Å². The highest BCUT2D eigenvalue weighted by atomic mass is 32.1. The highest BCUT2D eigenvalue weighted by molar-refractivity contribution is 7.18. The highest BCUT2D eigenvalue weighted by Crippen LogP contribution is 2.33. The second kappa shape index (κ2) is 8.10. The molecular weight excluding hydrogens is 427 g/mol. The molecule has 0 spiro atoms. The number of carbonyl (C=O) groups is 2. The zero-order chi connectivity index (χ0) is 22.1. The Morgan fingerprint density at radius 3 is 2.53 bits per heavy atom. The number of alkyl halides is 3. The number of anilines is 1. The van der Waals surface area contributed by atoms with Crippen molar-refractivity contribution >= 4 is 28.3 Å². The lowest BCUT2D eigenvalue weighted by Crippen LogP contribution is -2.14. The number of halogens is 3. The molecule has 2 N–H and O–H groups in total. The number of nitrogens with zero attached hydrogens (tertiary/aromatic N) is 4. The zero-order valence-electron chi connectivity index (χ0n) is 15.6. The van der Waals surface area contributed by atoms with Crippen molar-refractivity contribution < 1.29 is 32.2 Å². The second-order valence-corrected chi connectivity index (χ2v) is 6.91. The van der Waals surface area contributed by atoms with Crippen molar-refractivity contribution in [2.24, 2.45) is 0 Å². The van der Waals surface area contributed by atoms with Crippen LogP contribution in [0.1, 0.15) is 31.2 Å². The van der Waals surface area contributed by atoms with E-state index in [2.05, 4.69) is 15.4 Å². The van der Waals surface area contributed by atoms with Gasteiger partial charge in [0.1, 0.15) is 9.88 Å². The van der Waals surface area contributed by atoms with Crippen LogP contribution in [0.15, 0.2) is 24.3 Å². The van der Waals surface area contributed by atoms with Crippen LogP contribution in [0.25, 0.3) is 11.4 Å². The summed E-state index contributed by atoms with van der Waals surface area (Å²) in [5.41, 5.74) is 5.21. The van der Waals surface area contributed by atoms with E-state index in [1.807, 2.05) is 0 Å². The highest BCUT2D eigenvalue weighted by Gasteiger charge is 2.31. The van der Waals surface area contributed by atoms with Gasteiger partial charge >= 0.3 is 18.1 Å². The Morgan fingerprint density at radius 1 is 1.20 bits per heavy atom. The van der Waals surface area contributed by atoms with E-state index in [0.29, 0.717) is 0 Å². The van der Waals surface area contributed by atoms with Gasteiger partial charge in [0.2, 0.25) is 5.82 Å². The van der Waals surface area contributed by atoms with Crippen molar-refractivity contribution in [3.63, 3.8) is 0 Å². The number of carbonyl (C=O) groups excluding carboxylic acids is 2. The summed E-state index contributed by atoms with van der Waals surface area (Å²) >= 11 is 0.833. The summed E-state index contributed by atoms with van der Waals surface area (Å²) < 4.78 is 48.2. The van der Waals surface area contributed by atoms with E-state index < -0.39 is 23.7 Å². The molecule has 0 aliphatic carbocycles. The number of hydrogen-bond acceptors (Lipinski definition) is 9. The molecule has 0 saturated heterocycles. The molecule has 30 heavy (non-hydrogen) atoms. The summed E-state index contributed by atoms with van der Waals surface area (Å²) in [6, 6.07) is 4.44. The molecule has 0 fully saturated rings. The molecule has 0 atom stereocenters. The first-order chi connectivity index (χ1) is 14.2. The van der Waals surface area contributed by atoms with Crippen LogP contribution >= 0.6 is 11.3 Å². The molecule has 2 aromatic heterocycles. The van der Waals surface area contributed by atoms with Gasteiger partial charge in [0.05, 0.1) is 31.9 Å². The van der Waals surface area contributed by atoms with Crippen molar-refractivity contribution in [1.82, 2.24) is 20.2 Å². The third-order valence-electron chi connectivity index (χ3n) is 4.00. The normalized spacial score (nSPS) is 11.4. The summed E-state index contributed by atoms with van der Waals surface area (Å²) in [4.78, 5) is 25.2. The van der Waals surface area contributed by atoms with E-state index in [-0.39, 0.29) is 38.9 Å². The molecule has 0 unspecified atom stereocenters. The number of nitrogens with two attached hydrogens (primary N) is 1. The first-order valence-electron chi connectivity index (χ1n) is 8.19. The predicted octanol–water partition coefficient (Wildman–Crippen LogP) is 2.62. The van der Waals surface area contributed by atoms with Gasteiger partial charge in [0.15, 0.2) is 0 Å². The number of methoxy groups -OCH3 is 2. The SMILES string of the molecule is COC(=O)c1sc(N)c(C(=O)OC)c1Cn1nnc(-c2cccc(C(F)(F)F)c2)n1. The van der Waals surface area contributed by atoms with Crippen molar-refractivity contribution in [2.75, 3.05) is 20.0 Å². The van der Waals surface area contributed by atoms with E-state index in [4.69, 9.17) is 15.2 Å². The van der Waals surface area contributed by atoms with E-state index in [1.165, 1.54) is 19.2 Å². The molecule has 2 heterocycles. The molecule has 1 aromatic carbocycles. The maximum Gasteiger partial charge on any atom is 0.416 e. The predicted molar refractivity (Wildman–Crippen MR) is 98.8 cm³/mol. The number of tetrazole rings is 1. The van der Waals surface area contributed by atoms with Gasteiger partial charge in [-0.1, -0.05) is 12.1 Å². The second-order valence-electron chi connectivity index (χ2n) is 5.85. The number of benzene rings is 1. The summed E-state index contributed by atoms with van der Waals surface area (Å²) in [6.45, 7) is -0.214. The van der Waals surface area contributed by atoms with Gasteiger partial charge in [-0.2, -0.15) is 18.0 Å². The largest absolute Gasteiger partial charge is 0.465 e. The van der Waals surface area contributed by atoms with E-state index in [1.54, 1.807) is 0 Å². The maximum absolute atomic E-state index is 12.9. The molecule has 13 heteroatoms. The average Bonchev–Trinajstić information content (AvgIpc) is 3.31. The molecule has 0 aliphatic rings. The Balaban J connectivity index is 1.99. The molecule has 158 valence electrons. The van der Waals surface area contributed by atoms with Crippen LogP contribution < -0.4 is 5.73 Å². The molecule has 0 bridgehead atoms. The van der Waals surface area contributed by atoms with Crippen LogP contribution in [0, 0.1) is 0 Å². The third-order valence-corrected chi connectivity index (χ3v) is 5.04. The van der Waals surface area contributed by atoms with Crippen LogP contribution in [0.4, 0.5) is 18.2 Å². The number of rotatable bonds is 5. The molecule has 0 radical (unpaired) electrons. The van der Waals surface area contributed by atoms with Crippen molar-refractivity contribution in [1.29, 1.82) is 0 Å². The molecule has 9 nitrogen and oxygen atoms in total. The molecule has 3 rings (SSSR count). The van der Waals surface area contributed by atoms with Crippen LogP contribution in [0.5, 0.6) is 0 Å². The average molecular weight is 441 g/mol. The van der Waals surface area contributed by atoms with E-state index in [9.17, 15) is 22.8 Å². The first kappa shape index (κ1) is 21.2. The summed E-state index contributed by atoms with van der Waals surface area (Å²) in [5.74, 6) is -1.56. The fourth-order valence-corrected chi connectivity index (χ4v) is 3.61. The fourth-order valence-electron chi connectivity index (χ4n) is 2.62. The van der Waals surface area contributed by atoms with Crippen molar-refractivity contribution in [3.05, 3.63) is 45.8 Å². The maximum atomic E-state index is 12.9. The smallest absolute Gasteiger partial charge is 0.416 e. The van der Waals surface area contributed by atoms with E-state index >= 15 is 0 Å². The Hall–Kier alpha value is -3.48. The quantitative estimate of drug-likeness (QED) is 0.600. The zero-order valence-corrected chi connectivity index (χ0v) is 16.4. The monoisotopic (exact) mass is 441 g/mol. The van der Waals surface area contributed by atoms with Crippen molar-refractivity contribution in [2.45, 2.75) is 12.7 Å². The Kier molecular flexibility index (Phi) is 5.73. The minimum absolute atomic E-state index is 0.0375. The molecule has 0 amide bonds. The molecular formula is C17H14F3N5O4S. The third kappa shape index (κ3) is 4.10. The minimum atomic E-state index is -4.52. The number of nitrogen functional groups attached to an aromatic ring is 1. The lowest BCUT2D eigenvalue weighted by Gasteiger charge is -2.07. The molecule has 0 aliphatic heterocycles. The molecule has 3 aromatic rings. The number of thiophene rings is 1. The van der Waals surface area contributed by atoms with E-state index in [0.717, 1.165) is 35.4 Å². The Morgan fingerprint density at radius 2 is 1.90 bits per heavy atom. The van der Waals surface area contributed by atoms with Gasteiger partial charge in [0.25, 0.3) is 0 Å². The lowest BCUT2D eigenvalue weighted by atomic mass is 10.1. The summed E-state index contributed by atoms with van der Waals surface area (Å²) in [7, 11) is 2.32. The van der Waals surface area contributed by atoms with Crippen LogP contribution in [0.2, 0.25) is 0 Å². The Labute approximate surface area is 171 Å². The first-order valence-corrected chi connectivity index (χ1v) is 9.00.